The second-order valence-corrected chi connectivity index (χ2v) is 10.1. The summed E-state index contributed by atoms with van der Waals surface area (Å²) in [5.41, 5.74) is 1.23. The Kier molecular flexibility index (Phi) is 5.91. The van der Waals surface area contributed by atoms with E-state index in [-0.39, 0.29) is 17.4 Å². The summed E-state index contributed by atoms with van der Waals surface area (Å²) >= 11 is 12.1. The van der Waals surface area contributed by atoms with E-state index in [2.05, 4.69) is 31.0 Å². The molecule has 1 saturated heterocycles. The van der Waals surface area contributed by atoms with Gasteiger partial charge in [0.1, 0.15) is 0 Å². The fourth-order valence-corrected chi connectivity index (χ4v) is 4.69. The molecule has 5 heteroatoms. The van der Waals surface area contributed by atoms with Crippen LogP contribution in [0.4, 0.5) is 0 Å². The molecule has 1 amide bonds. The number of piperidine rings is 1. The third-order valence-corrected chi connectivity index (χ3v) is 6.57. The second-order valence-electron chi connectivity index (χ2n) is 9.24. The molecular formula is C21H30Cl2N2O. The Morgan fingerprint density at radius 1 is 1.15 bits per heavy atom. The van der Waals surface area contributed by atoms with Gasteiger partial charge in [0.05, 0.1) is 0 Å². The Labute approximate surface area is 167 Å². The van der Waals surface area contributed by atoms with Crippen LogP contribution in [0.1, 0.15) is 63.2 Å². The van der Waals surface area contributed by atoms with Crippen molar-refractivity contribution >= 4 is 29.1 Å². The summed E-state index contributed by atoms with van der Waals surface area (Å²) in [6.07, 6.45) is 5.88. The highest BCUT2D eigenvalue weighted by atomic mass is 35.5. The summed E-state index contributed by atoms with van der Waals surface area (Å²) < 4.78 is 0. The number of nitrogens with zero attached hydrogens (tertiary/aromatic N) is 1. The van der Waals surface area contributed by atoms with E-state index in [0.717, 1.165) is 19.5 Å². The molecule has 1 atom stereocenters. The SMILES string of the molecule is CC(C)(C)CCN1CCC2(CCC2NC(=O)c2cc(Cl)cc(Cl)c2)CC1. The van der Waals surface area contributed by atoms with Crippen molar-refractivity contribution < 1.29 is 4.79 Å². The van der Waals surface area contributed by atoms with Gasteiger partial charge >= 0.3 is 0 Å². The lowest BCUT2D eigenvalue weighted by Gasteiger charge is -2.54. The molecule has 0 bridgehead atoms. The first-order valence-electron chi connectivity index (χ1n) is 9.66. The van der Waals surface area contributed by atoms with Crippen LogP contribution in [0.25, 0.3) is 0 Å². The molecule has 2 aliphatic rings. The summed E-state index contributed by atoms with van der Waals surface area (Å²) in [4.78, 5) is 15.2. The molecule has 1 heterocycles. The molecule has 1 N–H and O–H groups in total. The minimum atomic E-state index is -0.0614. The van der Waals surface area contributed by atoms with Crippen molar-refractivity contribution in [3.63, 3.8) is 0 Å². The van der Waals surface area contributed by atoms with Gasteiger partial charge in [-0.15, -0.1) is 0 Å². The maximum Gasteiger partial charge on any atom is 0.251 e. The van der Waals surface area contributed by atoms with Crippen LogP contribution in [0.2, 0.25) is 10.0 Å². The zero-order valence-electron chi connectivity index (χ0n) is 16.1. The van der Waals surface area contributed by atoms with Gasteiger partial charge in [-0.2, -0.15) is 0 Å². The number of halogens is 2. The highest BCUT2D eigenvalue weighted by Crippen LogP contribution is 2.49. The van der Waals surface area contributed by atoms with Crippen LogP contribution in [-0.2, 0) is 0 Å². The highest BCUT2D eigenvalue weighted by Gasteiger charge is 2.48. The molecule has 1 unspecified atom stereocenters. The number of amides is 1. The Morgan fingerprint density at radius 3 is 2.27 bits per heavy atom. The first kappa shape index (κ1) is 20.0. The first-order chi connectivity index (χ1) is 12.2. The largest absolute Gasteiger partial charge is 0.349 e. The third-order valence-electron chi connectivity index (χ3n) is 6.13. The van der Waals surface area contributed by atoms with E-state index in [1.54, 1.807) is 18.2 Å². The summed E-state index contributed by atoms with van der Waals surface area (Å²) in [6, 6.07) is 5.29. The van der Waals surface area contributed by atoms with E-state index in [9.17, 15) is 4.79 Å². The highest BCUT2D eigenvalue weighted by molar-refractivity contribution is 6.35. The third kappa shape index (κ3) is 4.74. The quantitative estimate of drug-likeness (QED) is 0.737. The van der Waals surface area contributed by atoms with E-state index < -0.39 is 0 Å². The number of hydrogen-bond acceptors (Lipinski definition) is 2. The molecule has 144 valence electrons. The van der Waals surface area contributed by atoms with E-state index in [0.29, 0.717) is 21.0 Å². The molecule has 1 aromatic rings. The van der Waals surface area contributed by atoms with Crippen LogP contribution in [0.5, 0.6) is 0 Å². The monoisotopic (exact) mass is 396 g/mol. The topological polar surface area (TPSA) is 32.3 Å². The van der Waals surface area contributed by atoms with Crippen molar-refractivity contribution in [3.05, 3.63) is 33.8 Å². The number of benzene rings is 1. The number of nitrogens with one attached hydrogen (secondary N) is 1. The fraction of sp³-hybridized carbons (Fsp3) is 0.667. The Hall–Kier alpha value is -0.770. The Balaban J connectivity index is 1.54. The number of likely N-dealkylation sites (tertiary alicyclic amines) is 1. The lowest BCUT2D eigenvalue weighted by molar-refractivity contribution is -0.00704. The zero-order valence-corrected chi connectivity index (χ0v) is 17.6. The first-order valence-corrected chi connectivity index (χ1v) is 10.4. The summed E-state index contributed by atoms with van der Waals surface area (Å²) in [5, 5.41) is 4.24. The maximum atomic E-state index is 12.6. The van der Waals surface area contributed by atoms with Gasteiger partial charge in [-0.1, -0.05) is 44.0 Å². The molecular weight excluding hydrogens is 367 g/mol. The molecule has 1 saturated carbocycles. The molecule has 1 spiro atoms. The van der Waals surface area contributed by atoms with Crippen LogP contribution in [0, 0.1) is 10.8 Å². The molecule has 3 rings (SSSR count). The Morgan fingerprint density at radius 2 is 1.77 bits per heavy atom. The van der Waals surface area contributed by atoms with Crippen molar-refractivity contribution in [2.45, 2.75) is 58.9 Å². The van der Waals surface area contributed by atoms with Gasteiger partial charge in [0.2, 0.25) is 0 Å². The number of carbonyl (C=O) groups excluding carboxylic acids is 1. The fourth-order valence-electron chi connectivity index (χ4n) is 4.16. The van der Waals surface area contributed by atoms with Gasteiger partial charge in [-0.3, -0.25) is 4.79 Å². The average molecular weight is 397 g/mol. The lowest BCUT2D eigenvalue weighted by atomic mass is 9.59. The van der Waals surface area contributed by atoms with Gasteiger partial charge in [-0.25, -0.2) is 0 Å². The standard InChI is InChI=1S/C21H30Cl2N2O/c1-20(2,3)6-9-25-10-7-21(8-11-25)5-4-18(21)24-19(26)15-12-16(22)14-17(23)13-15/h12-14,18H,4-11H2,1-3H3,(H,24,26). The van der Waals surface area contributed by atoms with Crippen molar-refractivity contribution in [2.75, 3.05) is 19.6 Å². The number of rotatable bonds is 4. The Bertz CT molecular complexity index is 640. The molecule has 1 aromatic carbocycles. The lowest BCUT2D eigenvalue weighted by Crippen LogP contribution is -2.59. The normalized spacial score (nSPS) is 22.9. The number of hydrogen-bond donors (Lipinski definition) is 1. The van der Waals surface area contributed by atoms with Crippen LogP contribution in [0.15, 0.2) is 18.2 Å². The van der Waals surface area contributed by atoms with Crippen molar-refractivity contribution in [2.24, 2.45) is 10.8 Å². The number of carbonyl (C=O) groups is 1. The molecule has 2 fully saturated rings. The van der Waals surface area contributed by atoms with Crippen molar-refractivity contribution in [1.82, 2.24) is 10.2 Å². The van der Waals surface area contributed by atoms with Crippen LogP contribution in [-0.4, -0.2) is 36.5 Å². The molecule has 26 heavy (non-hydrogen) atoms. The van der Waals surface area contributed by atoms with E-state index >= 15 is 0 Å². The average Bonchev–Trinajstić information content (AvgIpc) is 2.55. The minimum absolute atomic E-state index is 0.0614. The zero-order chi connectivity index (χ0) is 18.9. The van der Waals surface area contributed by atoms with Crippen LogP contribution < -0.4 is 5.32 Å². The van der Waals surface area contributed by atoms with E-state index in [1.807, 2.05) is 0 Å². The van der Waals surface area contributed by atoms with Crippen molar-refractivity contribution in [3.8, 4) is 0 Å². The predicted molar refractivity (Wildman–Crippen MR) is 109 cm³/mol. The van der Waals surface area contributed by atoms with E-state index in [4.69, 9.17) is 23.2 Å². The minimum Gasteiger partial charge on any atom is -0.349 e. The summed E-state index contributed by atoms with van der Waals surface area (Å²) in [6.45, 7) is 10.4. The van der Waals surface area contributed by atoms with Gasteiger partial charge in [0.15, 0.2) is 0 Å². The van der Waals surface area contributed by atoms with Gasteiger partial charge in [0.25, 0.3) is 5.91 Å². The van der Waals surface area contributed by atoms with Crippen LogP contribution >= 0.6 is 23.2 Å². The molecule has 1 aliphatic heterocycles. The van der Waals surface area contributed by atoms with Crippen LogP contribution in [0.3, 0.4) is 0 Å². The van der Waals surface area contributed by atoms with Gasteiger partial charge in [-0.05, 0) is 80.8 Å². The summed E-state index contributed by atoms with van der Waals surface area (Å²) in [7, 11) is 0. The second kappa shape index (κ2) is 7.69. The van der Waals surface area contributed by atoms with Gasteiger partial charge < -0.3 is 10.2 Å². The smallest absolute Gasteiger partial charge is 0.251 e. The van der Waals surface area contributed by atoms with Gasteiger partial charge in [0, 0.05) is 21.7 Å². The molecule has 3 nitrogen and oxygen atoms in total. The summed E-state index contributed by atoms with van der Waals surface area (Å²) in [5.74, 6) is -0.0614. The molecule has 0 radical (unpaired) electrons. The maximum absolute atomic E-state index is 12.6. The van der Waals surface area contributed by atoms with E-state index in [1.165, 1.54) is 32.2 Å². The molecule has 0 aromatic heterocycles. The molecule has 1 aliphatic carbocycles. The predicted octanol–water partition coefficient (Wildman–Crippen LogP) is 5.40. The van der Waals surface area contributed by atoms with Crippen molar-refractivity contribution in [1.29, 1.82) is 0 Å².